The summed E-state index contributed by atoms with van der Waals surface area (Å²) < 4.78 is 13.5. The Morgan fingerprint density at radius 1 is 0.914 bits per heavy atom. The highest BCUT2D eigenvalue weighted by Gasteiger charge is 2.26. The van der Waals surface area contributed by atoms with Gasteiger partial charge in [-0.1, -0.05) is 56.3 Å². The predicted molar refractivity (Wildman–Crippen MR) is 140 cm³/mol. The first-order valence-corrected chi connectivity index (χ1v) is 12.0. The van der Waals surface area contributed by atoms with Crippen LogP contribution in [0.25, 0.3) is 0 Å². The van der Waals surface area contributed by atoms with Crippen LogP contribution in [-0.4, -0.2) is 30.8 Å². The van der Waals surface area contributed by atoms with Gasteiger partial charge in [-0.05, 0) is 53.4 Å². The van der Waals surface area contributed by atoms with Crippen LogP contribution in [0.2, 0.25) is 0 Å². The Morgan fingerprint density at radius 2 is 1.60 bits per heavy atom. The zero-order chi connectivity index (χ0) is 25.4. The van der Waals surface area contributed by atoms with Crippen molar-refractivity contribution in [3.8, 4) is 0 Å². The van der Waals surface area contributed by atoms with E-state index in [9.17, 15) is 14.0 Å². The second kappa shape index (κ2) is 12.2. The quantitative estimate of drug-likeness (QED) is 0.393. The first kappa shape index (κ1) is 25.9. The lowest BCUT2D eigenvalue weighted by atomic mass is 9.94. The summed E-state index contributed by atoms with van der Waals surface area (Å²) >= 11 is 0. The molecule has 5 nitrogen and oxygen atoms in total. The topological polar surface area (TPSA) is 52.7 Å². The van der Waals surface area contributed by atoms with Crippen molar-refractivity contribution in [2.75, 3.05) is 24.3 Å². The molecule has 1 atom stereocenters. The molecule has 0 aliphatic rings. The maximum atomic E-state index is 13.9. The second-order valence-electron chi connectivity index (χ2n) is 8.83. The number of carbonyl (C=O) groups excluding carboxylic acids is 2. The molecule has 0 aliphatic carbocycles. The molecule has 0 spiro atoms. The molecule has 0 aliphatic heterocycles. The average molecular weight is 476 g/mol. The van der Waals surface area contributed by atoms with E-state index in [1.165, 1.54) is 12.1 Å². The van der Waals surface area contributed by atoms with E-state index in [0.29, 0.717) is 31.6 Å². The smallest absolute Gasteiger partial charge is 0.230 e. The van der Waals surface area contributed by atoms with Crippen molar-refractivity contribution in [3.05, 3.63) is 95.3 Å². The molecule has 0 radical (unpaired) electrons. The minimum atomic E-state index is -0.309. The lowest BCUT2D eigenvalue weighted by Gasteiger charge is -2.29. The van der Waals surface area contributed by atoms with Crippen molar-refractivity contribution >= 4 is 23.2 Å². The van der Waals surface area contributed by atoms with Crippen LogP contribution in [0.15, 0.2) is 72.8 Å². The molecule has 0 saturated heterocycles. The number of benzene rings is 3. The predicted octanol–water partition coefficient (Wildman–Crippen LogP) is 5.96. The van der Waals surface area contributed by atoms with Crippen LogP contribution < -0.4 is 10.2 Å². The molecule has 0 saturated carbocycles. The van der Waals surface area contributed by atoms with Crippen LogP contribution in [0.1, 0.15) is 49.3 Å². The Labute approximate surface area is 207 Å². The van der Waals surface area contributed by atoms with Gasteiger partial charge < -0.3 is 15.1 Å². The molecular weight excluding hydrogens is 441 g/mol. The van der Waals surface area contributed by atoms with Crippen molar-refractivity contribution in [3.63, 3.8) is 0 Å². The Kier molecular flexibility index (Phi) is 9.01. The number of nitrogens with zero attached hydrogens (tertiary/aromatic N) is 2. The molecule has 6 heteroatoms. The van der Waals surface area contributed by atoms with Crippen LogP contribution in [0, 0.1) is 5.82 Å². The van der Waals surface area contributed by atoms with E-state index in [2.05, 4.69) is 5.32 Å². The number of rotatable bonds is 10. The third-order valence-electron chi connectivity index (χ3n) is 6.03. The molecule has 1 unspecified atom stereocenters. The van der Waals surface area contributed by atoms with Crippen LogP contribution in [0.3, 0.4) is 0 Å². The highest BCUT2D eigenvalue weighted by Crippen LogP contribution is 2.29. The van der Waals surface area contributed by atoms with Gasteiger partial charge in [-0.2, -0.15) is 0 Å². The van der Waals surface area contributed by atoms with Gasteiger partial charge in [0, 0.05) is 45.0 Å². The van der Waals surface area contributed by atoms with Gasteiger partial charge in [0.15, 0.2) is 0 Å². The Morgan fingerprint density at radius 3 is 2.20 bits per heavy atom. The zero-order valence-corrected chi connectivity index (χ0v) is 20.9. The summed E-state index contributed by atoms with van der Waals surface area (Å²) in [5.41, 5.74) is 4.40. The minimum Gasteiger partial charge on any atom is -0.377 e. The maximum Gasteiger partial charge on any atom is 0.230 e. The van der Waals surface area contributed by atoms with E-state index in [-0.39, 0.29) is 23.5 Å². The highest BCUT2D eigenvalue weighted by atomic mass is 19.1. The van der Waals surface area contributed by atoms with Gasteiger partial charge in [-0.3, -0.25) is 9.59 Å². The monoisotopic (exact) mass is 475 g/mol. The van der Waals surface area contributed by atoms with E-state index in [1.807, 2.05) is 86.3 Å². The number of carbonyl (C=O) groups is 2. The van der Waals surface area contributed by atoms with Crippen LogP contribution >= 0.6 is 0 Å². The molecular formula is C29H34FN3O2. The van der Waals surface area contributed by atoms with Gasteiger partial charge in [0.25, 0.3) is 0 Å². The molecule has 0 fully saturated rings. The first-order valence-electron chi connectivity index (χ1n) is 12.0. The van der Waals surface area contributed by atoms with E-state index >= 15 is 0 Å². The molecule has 0 heterocycles. The van der Waals surface area contributed by atoms with Gasteiger partial charge in [0.1, 0.15) is 5.82 Å². The summed E-state index contributed by atoms with van der Waals surface area (Å²) in [6, 6.07) is 21.8. The number of halogens is 1. The zero-order valence-electron chi connectivity index (χ0n) is 20.9. The number of amides is 2. The van der Waals surface area contributed by atoms with Crippen LogP contribution in [-0.2, 0) is 22.7 Å². The van der Waals surface area contributed by atoms with Crippen LogP contribution in [0.4, 0.5) is 15.8 Å². The molecule has 1 N–H and O–H groups in total. The van der Waals surface area contributed by atoms with E-state index in [4.69, 9.17) is 0 Å². The summed E-state index contributed by atoms with van der Waals surface area (Å²) in [7, 11) is 3.90. The normalized spacial score (nSPS) is 11.6. The van der Waals surface area contributed by atoms with Crippen molar-refractivity contribution in [1.82, 2.24) is 4.90 Å². The summed E-state index contributed by atoms with van der Waals surface area (Å²) in [5, 5.41) is 2.91. The van der Waals surface area contributed by atoms with Gasteiger partial charge in [0.2, 0.25) is 11.8 Å². The molecule has 3 aromatic carbocycles. The first-order chi connectivity index (χ1) is 16.8. The summed E-state index contributed by atoms with van der Waals surface area (Å²) in [6.45, 7) is 4.52. The lowest BCUT2D eigenvalue weighted by Crippen LogP contribution is -2.34. The Hall–Kier alpha value is -3.67. The number of anilines is 2. The fourth-order valence-electron chi connectivity index (χ4n) is 4.16. The summed E-state index contributed by atoms with van der Waals surface area (Å²) in [4.78, 5) is 29.7. The fourth-order valence-corrected chi connectivity index (χ4v) is 4.16. The molecule has 3 aromatic rings. The standard InChI is InChI=1S/C29H34FN3O2/c1-5-26(22-10-8-7-9-11-22)29(35)33(19-21-12-14-24(30)15-13-21)20-23-18-25(31-28(34)6-2)16-17-27(23)32(3)4/h7-18,26H,5-6,19-20H2,1-4H3,(H,31,34). The van der Waals surface area contributed by atoms with E-state index in [1.54, 1.807) is 12.1 Å². The van der Waals surface area contributed by atoms with E-state index in [0.717, 1.165) is 22.4 Å². The van der Waals surface area contributed by atoms with E-state index < -0.39 is 0 Å². The molecule has 35 heavy (non-hydrogen) atoms. The summed E-state index contributed by atoms with van der Waals surface area (Å²) in [5.74, 6) is -0.655. The van der Waals surface area contributed by atoms with Crippen molar-refractivity contribution in [2.45, 2.75) is 45.7 Å². The maximum absolute atomic E-state index is 13.9. The molecule has 2 amide bonds. The van der Waals surface area contributed by atoms with Gasteiger partial charge in [-0.25, -0.2) is 4.39 Å². The van der Waals surface area contributed by atoms with Gasteiger partial charge >= 0.3 is 0 Å². The van der Waals surface area contributed by atoms with Gasteiger partial charge in [-0.15, -0.1) is 0 Å². The second-order valence-corrected chi connectivity index (χ2v) is 8.83. The largest absolute Gasteiger partial charge is 0.377 e. The Balaban J connectivity index is 2.00. The van der Waals surface area contributed by atoms with Crippen LogP contribution in [0.5, 0.6) is 0 Å². The fraction of sp³-hybridized carbons (Fsp3) is 0.310. The molecule has 3 rings (SSSR count). The molecule has 184 valence electrons. The van der Waals surface area contributed by atoms with Crippen molar-refractivity contribution in [2.24, 2.45) is 0 Å². The molecule has 0 bridgehead atoms. The van der Waals surface area contributed by atoms with Gasteiger partial charge in [0.05, 0.1) is 5.92 Å². The highest BCUT2D eigenvalue weighted by molar-refractivity contribution is 5.91. The number of hydrogen-bond acceptors (Lipinski definition) is 3. The average Bonchev–Trinajstić information content (AvgIpc) is 2.86. The Bertz CT molecular complexity index is 1130. The lowest BCUT2D eigenvalue weighted by molar-refractivity contribution is -0.134. The number of nitrogens with one attached hydrogen (secondary N) is 1. The summed E-state index contributed by atoms with van der Waals surface area (Å²) in [6.07, 6.45) is 1.05. The SMILES string of the molecule is CCC(=O)Nc1ccc(N(C)C)c(CN(Cc2ccc(F)cc2)C(=O)C(CC)c2ccccc2)c1. The number of hydrogen-bond donors (Lipinski definition) is 1. The third-order valence-corrected chi connectivity index (χ3v) is 6.03. The van der Waals surface area contributed by atoms with Crippen molar-refractivity contribution < 1.29 is 14.0 Å². The minimum absolute atomic E-state index is 0.00993. The third kappa shape index (κ3) is 6.92. The van der Waals surface area contributed by atoms with Crippen molar-refractivity contribution in [1.29, 1.82) is 0 Å². The molecule has 0 aromatic heterocycles.